The van der Waals surface area contributed by atoms with E-state index < -0.39 is 0 Å². The molecule has 3 heterocycles. The normalized spacial score (nSPS) is 23.0. The van der Waals surface area contributed by atoms with Gasteiger partial charge >= 0.3 is 0 Å². The number of carbonyl (C=O) groups excluding carboxylic acids is 1. The van der Waals surface area contributed by atoms with Crippen molar-refractivity contribution < 1.29 is 9.21 Å². The molecule has 2 unspecified atom stereocenters. The summed E-state index contributed by atoms with van der Waals surface area (Å²) in [5.74, 6) is 2.16. The lowest BCUT2D eigenvalue weighted by molar-refractivity contribution is 0.0628. The second kappa shape index (κ2) is 5.44. The van der Waals surface area contributed by atoms with Gasteiger partial charge in [0.15, 0.2) is 0 Å². The van der Waals surface area contributed by atoms with Crippen LogP contribution in [0.2, 0.25) is 0 Å². The molecule has 2 aromatic heterocycles. The highest BCUT2D eigenvalue weighted by Crippen LogP contribution is 2.28. The summed E-state index contributed by atoms with van der Waals surface area (Å²) in [6.45, 7) is 6.19. The first-order valence-corrected chi connectivity index (χ1v) is 7.93. The van der Waals surface area contributed by atoms with Crippen molar-refractivity contribution in [3.05, 3.63) is 34.7 Å². The van der Waals surface area contributed by atoms with E-state index in [0.717, 1.165) is 29.3 Å². The Balaban J connectivity index is 1.77. The molecular formula is C16H19NO2S. The van der Waals surface area contributed by atoms with E-state index >= 15 is 0 Å². The SMILES string of the molecule is CC1CC(C)CN(C(=O)c2cc(-c3ccco3)cs2)C1. The molecule has 3 rings (SSSR count). The van der Waals surface area contributed by atoms with E-state index in [4.69, 9.17) is 4.42 Å². The molecule has 3 nitrogen and oxygen atoms in total. The lowest BCUT2D eigenvalue weighted by atomic mass is 9.92. The molecule has 0 saturated carbocycles. The first-order chi connectivity index (χ1) is 9.63. The van der Waals surface area contributed by atoms with Gasteiger partial charge in [0.1, 0.15) is 5.76 Å². The minimum absolute atomic E-state index is 0.159. The number of hydrogen-bond donors (Lipinski definition) is 0. The molecule has 0 aliphatic carbocycles. The van der Waals surface area contributed by atoms with Crippen molar-refractivity contribution in [3.8, 4) is 11.3 Å². The van der Waals surface area contributed by atoms with E-state index in [9.17, 15) is 4.79 Å². The van der Waals surface area contributed by atoms with E-state index in [1.54, 1.807) is 6.26 Å². The molecule has 0 bridgehead atoms. The second-order valence-corrected chi connectivity index (χ2v) is 6.74. The Bertz CT molecular complexity index is 577. The molecule has 20 heavy (non-hydrogen) atoms. The van der Waals surface area contributed by atoms with Crippen molar-refractivity contribution >= 4 is 17.2 Å². The molecule has 1 amide bonds. The van der Waals surface area contributed by atoms with Gasteiger partial charge in [-0.05, 0) is 36.5 Å². The van der Waals surface area contributed by atoms with E-state index in [2.05, 4.69) is 13.8 Å². The Kier molecular flexibility index (Phi) is 3.66. The number of hydrogen-bond acceptors (Lipinski definition) is 3. The largest absolute Gasteiger partial charge is 0.464 e. The summed E-state index contributed by atoms with van der Waals surface area (Å²) in [6, 6.07) is 5.72. The summed E-state index contributed by atoms with van der Waals surface area (Å²) in [4.78, 5) is 15.4. The summed E-state index contributed by atoms with van der Waals surface area (Å²) >= 11 is 1.50. The summed E-state index contributed by atoms with van der Waals surface area (Å²) in [5.41, 5.74) is 0.987. The first kappa shape index (κ1) is 13.4. The van der Waals surface area contributed by atoms with E-state index in [0.29, 0.717) is 11.8 Å². The zero-order chi connectivity index (χ0) is 14.1. The van der Waals surface area contributed by atoms with Gasteiger partial charge in [0.05, 0.1) is 11.1 Å². The fourth-order valence-corrected chi connectivity index (χ4v) is 3.87. The number of furan rings is 1. The first-order valence-electron chi connectivity index (χ1n) is 7.05. The van der Waals surface area contributed by atoms with Crippen LogP contribution in [0.3, 0.4) is 0 Å². The molecule has 0 spiro atoms. The Labute approximate surface area is 123 Å². The van der Waals surface area contributed by atoms with Gasteiger partial charge in [0, 0.05) is 24.0 Å². The quantitative estimate of drug-likeness (QED) is 0.833. The van der Waals surface area contributed by atoms with Gasteiger partial charge < -0.3 is 9.32 Å². The summed E-state index contributed by atoms with van der Waals surface area (Å²) in [6.07, 6.45) is 2.87. The smallest absolute Gasteiger partial charge is 0.263 e. The van der Waals surface area contributed by atoms with Crippen molar-refractivity contribution in [3.63, 3.8) is 0 Å². The molecule has 2 atom stereocenters. The molecule has 4 heteroatoms. The number of nitrogens with zero attached hydrogens (tertiary/aromatic N) is 1. The monoisotopic (exact) mass is 289 g/mol. The summed E-state index contributed by atoms with van der Waals surface area (Å²) in [7, 11) is 0. The van der Waals surface area contributed by atoms with Crippen LogP contribution in [0, 0.1) is 11.8 Å². The van der Waals surface area contributed by atoms with Crippen LogP contribution in [0.5, 0.6) is 0 Å². The van der Waals surface area contributed by atoms with Gasteiger partial charge in [-0.1, -0.05) is 13.8 Å². The molecular weight excluding hydrogens is 270 g/mol. The maximum Gasteiger partial charge on any atom is 0.263 e. The van der Waals surface area contributed by atoms with Crippen molar-refractivity contribution in [1.29, 1.82) is 0 Å². The van der Waals surface area contributed by atoms with E-state index in [1.165, 1.54) is 17.8 Å². The molecule has 1 aliphatic rings. The third-order valence-electron chi connectivity index (χ3n) is 3.77. The van der Waals surface area contributed by atoms with Crippen molar-refractivity contribution in [2.75, 3.05) is 13.1 Å². The molecule has 0 N–H and O–H groups in total. The van der Waals surface area contributed by atoms with Gasteiger partial charge in [0.2, 0.25) is 0 Å². The lowest BCUT2D eigenvalue weighted by Gasteiger charge is -2.34. The van der Waals surface area contributed by atoms with Crippen LogP contribution in [0.4, 0.5) is 0 Å². The van der Waals surface area contributed by atoms with Crippen LogP contribution in [0.1, 0.15) is 29.9 Å². The van der Waals surface area contributed by atoms with Crippen LogP contribution in [-0.4, -0.2) is 23.9 Å². The Morgan fingerprint density at radius 1 is 1.35 bits per heavy atom. The number of rotatable bonds is 2. The predicted octanol–water partition coefficient (Wildman–Crippen LogP) is 4.13. The van der Waals surface area contributed by atoms with Crippen molar-refractivity contribution in [2.24, 2.45) is 11.8 Å². The predicted molar refractivity (Wildman–Crippen MR) is 80.9 cm³/mol. The number of carbonyl (C=O) groups is 1. The Hall–Kier alpha value is -1.55. The number of thiophene rings is 1. The molecule has 1 aliphatic heterocycles. The molecule has 0 aromatic carbocycles. The molecule has 2 aromatic rings. The summed E-state index contributed by atoms with van der Waals surface area (Å²) in [5, 5.41) is 1.99. The number of amides is 1. The number of likely N-dealkylation sites (tertiary alicyclic amines) is 1. The minimum Gasteiger partial charge on any atom is -0.464 e. The van der Waals surface area contributed by atoms with E-state index in [-0.39, 0.29) is 5.91 Å². The van der Waals surface area contributed by atoms with Gasteiger partial charge in [-0.15, -0.1) is 11.3 Å². The molecule has 1 saturated heterocycles. The van der Waals surface area contributed by atoms with Crippen LogP contribution in [0.25, 0.3) is 11.3 Å². The second-order valence-electron chi connectivity index (χ2n) is 5.83. The fraction of sp³-hybridized carbons (Fsp3) is 0.438. The third kappa shape index (κ3) is 2.66. The highest BCUT2D eigenvalue weighted by molar-refractivity contribution is 7.12. The molecule has 0 radical (unpaired) electrons. The van der Waals surface area contributed by atoms with Crippen LogP contribution in [0.15, 0.2) is 34.3 Å². The maximum atomic E-state index is 12.6. The van der Waals surface area contributed by atoms with Gasteiger partial charge in [0.25, 0.3) is 5.91 Å². The average Bonchev–Trinajstić information content (AvgIpc) is 3.07. The molecule has 1 fully saturated rings. The van der Waals surface area contributed by atoms with Crippen molar-refractivity contribution in [2.45, 2.75) is 20.3 Å². The third-order valence-corrected chi connectivity index (χ3v) is 4.69. The standard InChI is InChI=1S/C16H19NO2S/c1-11-6-12(2)9-17(8-11)16(18)15-7-13(10-20-15)14-4-3-5-19-14/h3-5,7,10-12H,6,8-9H2,1-2H3. The van der Waals surface area contributed by atoms with Crippen LogP contribution in [-0.2, 0) is 0 Å². The zero-order valence-electron chi connectivity index (χ0n) is 11.8. The van der Waals surface area contributed by atoms with Gasteiger partial charge in [-0.3, -0.25) is 4.79 Å². The Morgan fingerprint density at radius 3 is 2.75 bits per heavy atom. The number of piperidine rings is 1. The zero-order valence-corrected chi connectivity index (χ0v) is 12.7. The minimum atomic E-state index is 0.159. The highest BCUT2D eigenvalue weighted by Gasteiger charge is 2.27. The maximum absolute atomic E-state index is 12.6. The van der Waals surface area contributed by atoms with Crippen LogP contribution < -0.4 is 0 Å². The van der Waals surface area contributed by atoms with Crippen molar-refractivity contribution in [1.82, 2.24) is 4.90 Å². The topological polar surface area (TPSA) is 33.5 Å². The molecule has 106 valence electrons. The van der Waals surface area contributed by atoms with Gasteiger partial charge in [-0.2, -0.15) is 0 Å². The summed E-state index contributed by atoms with van der Waals surface area (Å²) < 4.78 is 5.37. The fourth-order valence-electron chi connectivity index (χ4n) is 3.01. The van der Waals surface area contributed by atoms with Crippen LogP contribution >= 0.6 is 11.3 Å². The van der Waals surface area contributed by atoms with E-state index in [1.807, 2.05) is 28.5 Å². The Morgan fingerprint density at radius 2 is 2.10 bits per heavy atom. The lowest BCUT2D eigenvalue weighted by Crippen LogP contribution is -2.42. The highest BCUT2D eigenvalue weighted by atomic mass is 32.1. The van der Waals surface area contributed by atoms with Gasteiger partial charge in [-0.25, -0.2) is 0 Å². The average molecular weight is 289 g/mol.